The first-order chi connectivity index (χ1) is 14.1. The fourth-order valence-corrected chi connectivity index (χ4v) is 4.14. The van der Waals surface area contributed by atoms with Crippen LogP contribution >= 0.6 is 0 Å². The number of aryl methyl sites for hydroxylation is 2. The first kappa shape index (κ1) is 17.9. The van der Waals surface area contributed by atoms with Gasteiger partial charge in [-0.15, -0.1) is 0 Å². The second-order valence-electron chi connectivity index (χ2n) is 7.85. The lowest BCUT2D eigenvalue weighted by molar-refractivity contribution is 0.477. The molecule has 0 unspecified atom stereocenters. The molecule has 0 bridgehead atoms. The summed E-state index contributed by atoms with van der Waals surface area (Å²) in [6.07, 6.45) is 4.06. The van der Waals surface area contributed by atoms with Crippen LogP contribution < -0.4 is 16.2 Å². The highest BCUT2D eigenvalue weighted by molar-refractivity contribution is 5.90. The number of nitrogens with zero attached hydrogens (tertiary/aromatic N) is 3. The minimum Gasteiger partial charge on any atom is -0.353 e. The number of benzene rings is 2. The average molecular weight is 388 g/mol. The minimum atomic E-state index is -0.118. The zero-order valence-electron chi connectivity index (χ0n) is 16.6. The third-order valence-electron chi connectivity index (χ3n) is 5.63. The Morgan fingerprint density at radius 2 is 1.97 bits per heavy atom. The van der Waals surface area contributed by atoms with Crippen LogP contribution in [0.4, 0.5) is 5.95 Å². The van der Waals surface area contributed by atoms with Gasteiger partial charge in [-0.1, -0.05) is 6.07 Å². The van der Waals surface area contributed by atoms with Crippen molar-refractivity contribution in [3.8, 4) is 11.1 Å². The van der Waals surface area contributed by atoms with E-state index in [0.29, 0.717) is 22.9 Å². The van der Waals surface area contributed by atoms with Crippen LogP contribution in [0.25, 0.3) is 32.9 Å². The molecule has 3 heterocycles. The van der Waals surface area contributed by atoms with Crippen LogP contribution in [0.15, 0.2) is 41.3 Å². The Bertz CT molecular complexity index is 1270. The van der Waals surface area contributed by atoms with Gasteiger partial charge in [-0.2, -0.15) is 5.10 Å². The summed E-state index contributed by atoms with van der Waals surface area (Å²) in [7, 11) is 1.93. The van der Waals surface area contributed by atoms with Crippen molar-refractivity contribution in [3.63, 3.8) is 0 Å². The SMILES string of the molecule is Cc1cc(-c2ccc3nc(NC4CCNCC4)[nH]c(=O)c3c2)cc2cn(C)nc12. The van der Waals surface area contributed by atoms with Gasteiger partial charge in [0.05, 0.1) is 16.4 Å². The number of hydrogen-bond donors (Lipinski definition) is 3. The lowest BCUT2D eigenvalue weighted by Crippen LogP contribution is -2.36. The summed E-state index contributed by atoms with van der Waals surface area (Å²) in [4.78, 5) is 20.3. The third-order valence-corrected chi connectivity index (χ3v) is 5.63. The Balaban J connectivity index is 1.52. The topological polar surface area (TPSA) is 87.6 Å². The minimum absolute atomic E-state index is 0.118. The molecule has 0 atom stereocenters. The van der Waals surface area contributed by atoms with Gasteiger partial charge >= 0.3 is 0 Å². The van der Waals surface area contributed by atoms with E-state index in [2.05, 4.69) is 44.8 Å². The largest absolute Gasteiger partial charge is 0.353 e. The molecule has 1 fully saturated rings. The Labute approximate surface area is 168 Å². The number of nitrogens with one attached hydrogen (secondary N) is 3. The first-order valence-electron chi connectivity index (χ1n) is 10.0. The molecule has 148 valence electrons. The van der Waals surface area contributed by atoms with Crippen molar-refractivity contribution in [3.05, 3.63) is 52.4 Å². The number of aromatic amines is 1. The lowest BCUT2D eigenvalue weighted by Gasteiger charge is -2.23. The van der Waals surface area contributed by atoms with E-state index in [1.165, 1.54) is 0 Å². The molecule has 4 aromatic rings. The van der Waals surface area contributed by atoms with Gasteiger partial charge in [-0.05, 0) is 73.8 Å². The molecule has 5 rings (SSSR count). The summed E-state index contributed by atoms with van der Waals surface area (Å²) >= 11 is 0. The second kappa shape index (κ2) is 7.00. The summed E-state index contributed by atoms with van der Waals surface area (Å²) in [6, 6.07) is 10.4. The number of anilines is 1. The van der Waals surface area contributed by atoms with Crippen molar-refractivity contribution in [1.29, 1.82) is 0 Å². The summed E-state index contributed by atoms with van der Waals surface area (Å²) in [5.74, 6) is 0.551. The quantitative estimate of drug-likeness (QED) is 0.502. The van der Waals surface area contributed by atoms with Crippen LogP contribution in [-0.2, 0) is 7.05 Å². The molecule has 3 N–H and O–H groups in total. The first-order valence-corrected chi connectivity index (χ1v) is 10.0. The van der Waals surface area contributed by atoms with Crippen molar-refractivity contribution in [1.82, 2.24) is 25.1 Å². The highest BCUT2D eigenvalue weighted by atomic mass is 16.1. The molecule has 7 nitrogen and oxygen atoms in total. The number of H-pyrrole nitrogens is 1. The van der Waals surface area contributed by atoms with Gasteiger partial charge in [0, 0.05) is 24.7 Å². The highest BCUT2D eigenvalue weighted by Gasteiger charge is 2.15. The van der Waals surface area contributed by atoms with Crippen molar-refractivity contribution < 1.29 is 0 Å². The van der Waals surface area contributed by atoms with Crippen LogP contribution in [0.5, 0.6) is 0 Å². The Morgan fingerprint density at radius 1 is 1.14 bits per heavy atom. The molecule has 29 heavy (non-hydrogen) atoms. The number of fused-ring (bicyclic) bond motifs is 2. The van der Waals surface area contributed by atoms with E-state index in [4.69, 9.17) is 0 Å². The van der Waals surface area contributed by atoms with Crippen LogP contribution in [0.2, 0.25) is 0 Å². The fraction of sp³-hybridized carbons (Fsp3) is 0.318. The van der Waals surface area contributed by atoms with E-state index in [1.807, 2.05) is 36.1 Å². The maximum atomic E-state index is 12.7. The van der Waals surface area contributed by atoms with Gasteiger partial charge in [0.2, 0.25) is 5.95 Å². The molecule has 0 radical (unpaired) electrons. The van der Waals surface area contributed by atoms with E-state index in [0.717, 1.165) is 53.5 Å². The summed E-state index contributed by atoms with van der Waals surface area (Å²) < 4.78 is 1.83. The monoisotopic (exact) mass is 388 g/mol. The summed E-state index contributed by atoms with van der Waals surface area (Å²) in [5.41, 5.74) is 4.77. The van der Waals surface area contributed by atoms with Crippen LogP contribution in [0, 0.1) is 6.92 Å². The number of hydrogen-bond acceptors (Lipinski definition) is 5. The van der Waals surface area contributed by atoms with Crippen LogP contribution in [-0.4, -0.2) is 38.9 Å². The van der Waals surface area contributed by atoms with Gasteiger partial charge in [-0.25, -0.2) is 4.98 Å². The van der Waals surface area contributed by atoms with Gasteiger partial charge in [0.1, 0.15) is 0 Å². The van der Waals surface area contributed by atoms with Gasteiger partial charge in [0.25, 0.3) is 5.56 Å². The molecule has 1 aliphatic heterocycles. The molecular formula is C22H24N6O. The molecule has 0 spiro atoms. The van der Waals surface area contributed by atoms with Crippen LogP contribution in [0.3, 0.4) is 0 Å². The van der Waals surface area contributed by atoms with Crippen molar-refractivity contribution in [2.45, 2.75) is 25.8 Å². The zero-order chi connectivity index (χ0) is 20.0. The Hall–Kier alpha value is -3.19. The Kier molecular flexibility index (Phi) is 4.32. The maximum absolute atomic E-state index is 12.7. The predicted molar refractivity (Wildman–Crippen MR) is 116 cm³/mol. The standard InChI is InChI=1S/C22H24N6O/c1-13-9-15(10-16-12-28(2)27-20(13)16)14-3-4-19-18(11-14)21(29)26-22(25-19)24-17-5-7-23-8-6-17/h3-4,9-12,17,23H,5-8H2,1-2H3,(H2,24,25,26,29). The van der Waals surface area contributed by atoms with Crippen molar-refractivity contribution in [2.24, 2.45) is 7.05 Å². The van der Waals surface area contributed by atoms with E-state index in [1.54, 1.807) is 0 Å². The fourth-order valence-electron chi connectivity index (χ4n) is 4.14. The summed E-state index contributed by atoms with van der Waals surface area (Å²) in [5, 5.41) is 12.9. The van der Waals surface area contributed by atoms with E-state index in [9.17, 15) is 4.79 Å². The molecule has 7 heteroatoms. The molecule has 1 aliphatic rings. The molecule has 0 aliphatic carbocycles. The van der Waals surface area contributed by atoms with E-state index >= 15 is 0 Å². The molecular weight excluding hydrogens is 364 g/mol. The van der Waals surface area contributed by atoms with E-state index < -0.39 is 0 Å². The van der Waals surface area contributed by atoms with Gasteiger partial charge < -0.3 is 10.6 Å². The summed E-state index contributed by atoms with van der Waals surface area (Å²) in [6.45, 7) is 4.03. The molecule has 0 amide bonds. The molecule has 2 aromatic heterocycles. The third kappa shape index (κ3) is 3.38. The molecule has 2 aromatic carbocycles. The maximum Gasteiger partial charge on any atom is 0.260 e. The van der Waals surface area contributed by atoms with Crippen molar-refractivity contribution in [2.75, 3.05) is 18.4 Å². The Morgan fingerprint density at radius 3 is 2.79 bits per heavy atom. The smallest absolute Gasteiger partial charge is 0.260 e. The zero-order valence-corrected chi connectivity index (χ0v) is 16.6. The second-order valence-corrected chi connectivity index (χ2v) is 7.85. The van der Waals surface area contributed by atoms with Crippen LogP contribution in [0.1, 0.15) is 18.4 Å². The number of rotatable bonds is 3. The lowest BCUT2D eigenvalue weighted by atomic mass is 10.00. The molecule has 1 saturated heterocycles. The number of piperidine rings is 1. The predicted octanol–water partition coefficient (Wildman–Crippen LogP) is 2.95. The van der Waals surface area contributed by atoms with Crippen molar-refractivity contribution >= 4 is 27.8 Å². The normalized spacial score (nSPS) is 15.2. The highest BCUT2D eigenvalue weighted by Crippen LogP contribution is 2.28. The number of aromatic nitrogens is 4. The molecule has 0 saturated carbocycles. The average Bonchev–Trinajstić information content (AvgIpc) is 3.09. The van der Waals surface area contributed by atoms with E-state index in [-0.39, 0.29) is 5.56 Å². The van der Waals surface area contributed by atoms with Gasteiger partial charge in [0.15, 0.2) is 0 Å². The van der Waals surface area contributed by atoms with Gasteiger partial charge in [-0.3, -0.25) is 14.5 Å².